The summed E-state index contributed by atoms with van der Waals surface area (Å²) in [5.74, 6) is 4.25. The standard InChI is InChI=1S/C25H35N7O2/c33-24(27-25-11-16-6-17(12-25)8-18(7-16)13-25)26-19-9-20-3-4-21(10-19)31(20)15-23-28-29-30-32(23)14-22-2-1-5-34-22/h1-2,5,16-21H,3-4,6-15H2,(H2,26,27,33)/t16?,17?,18?,20-,21-,25?/m1/s1. The van der Waals surface area contributed by atoms with Gasteiger partial charge in [0.1, 0.15) is 12.3 Å². The van der Waals surface area contributed by atoms with Crippen LogP contribution in [0.3, 0.4) is 0 Å². The smallest absolute Gasteiger partial charge is 0.315 e. The van der Waals surface area contributed by atoms with Crippen molar-refractivity contribution in [2.75, 3.05) is 0 Å². The Morgan fingerprint density at radius 2 is 1.74 bits per heavy atom. The fourth-order valence-corrected chi connectivity index (χ4v) is 8.55. The highest BCUT2D eigenvalue weighted by Gasteiger charge is 2.52. The van der Waals surface area contributed by atoms with Crippen molar-refractivity contribution in [1.29, 1.82) is 0 Å². The minimum atomic E-state index is 0.0715. The summed E-state index contributed by atoms with van der Waals surface area (Å²) in [5.41, 5.74) is 0.0730. The van der Waals surface area contributed by atoms with Crippen molar-refractivity contribution < 1.29 is 9.21 Å². The Bertz CT molecular complexity index is 985. The average Bonchev–Trinajstić information content (AvgIpc) is 3.49. The highest BCUT2D eigenvalue weighted by Crippen LogP contribution is 2.55. The van der Waals surface area contributed by atoms with Crippen LogP contribution in [-0.4, -0.2) is 54.8 Å². The molecule has 4 heterocycles. The molecule has 6 bridgehead atoms. The fraction of sp³-hybridized carbons (Fsp3) is 0.760. The van der Waals surface area contributed by atoms with Crippen LogP contribution in [0.15, 0.2) is 22.8 Å². The summed E-state index contributed by atoms with van der Waals surface area (Å²) >= 11 is 0. The third kappa shape index (κ3) is 3.82. The molecule has 9 heteroatoms. The van der Waals surface area contributed by atoms with Gasteiger partial charge in [-0.1, -0.05) is 0 Å². The second-order valence-corrected chi connectivity index (χ2v) is 11.9. The van der Waals surface area contributed by atoms with Gasteiger partial charge in [0.25, 0.3) is 0 Å². The van der Waals surface area contributed by atoms with Gasteiger partial charge in [-0.05, 0) is 105 Å². The third-order valence-electron chi connectivity index (χ3n) is 9.45. The number of hydrogen-bond acceptors (Lipinski definition) is 6. The van der Waals surface area contributed by atoms with Crippen molar-refractivity contribution in [3.8, 4) is 0 Å². The summed E-state index contributed by atoms with van der Waals surface area (Å²) in [6, 6.07) is 5.09. The lowest BCUT2D eigenvalue weighted by atomic mass is 9.53. The molecule has 2 N–H and O–H groups in total. The van der Waals surface area contributed by atoms with E-state index in [-0.39, 0.29) is 17.6 Å². The van der Waals surface area contributed by atoms with Crippen molar-refractivity contribution in [2.45, 2.75) is 101 Å². The Balaban J connectivity index is 0.962. The number of furan rings is 1. The molecule has 2 atom stereocenters. The van der Waals surface area contributed by atoms with Crippen LogP contribution < -0.4 is 10.6 Å². The van der Waals surface area contributed by atoms with Crippen LogP contribution in [0.2, 0.25) is 0 Å². The van der Waals surface area contributed by atoms with Crippen LogP contribution >= 0.6 is 0 Å². The molecule has 2 aromatic rings. The van der Waals surface area contributed by atoms with E-state index in [9.17, 15) is 4.79 Å². The lowest BCUT2D eigenvalue weighted by molar-refractivity contribution is -0.0139. The van der Waals surface area contributed by atoms with Crippen LogP contribution in [-0.2, 0) is 13.1 Å². The number of rotatable bonds is 6. The predicted molar refractivity (Wildman–Crippen MR) is 124 cm³/mol. The van der Waals surface area contributed by atoms with Crippen molar-refractivity contribution in [3.05, 3.63) is 30.0 Å². The zero-order valence-corrected chi connectivity index (χ0v) is 19.7. The largest absolute Gasteiger partial charge is 0.467 e. The van der Waals surface area contributed by atoms with E-state index in [0.29, 0.717) is 18.6 Å². The molecule has 34 heavy (non-hydrogen) atoms. The van der Waals surface area contributed by atoms with Gasteiger partial charge >= 0.3 is 6.03 Å². The second kappa shape index (κ2) is 8.07. The number of aromatic nitrogens is 4. The maximum absolute atomic E-state index is 13.1. The van der Waals surface area contributed by atoms with Crippen LogP contribution in [0.4, 0.5) is 4.79 Å². The van der Waals surface area contributed by atoms with Gasteiger partial charge in [0.15, 0.2) is 5.82 Å². The van der Waals surface area contributed by atoms with E-state index in [2.05, 4.69) is 31.1 Å². The van der Waals surface area contributed by atoms with Crippen molar-refractivity contribution in [3.63, 3.8) is 0 Å². The molecule has 9 nitrogen and oxygen atoms in total. The Morgan fingerprint density at radius 3 is 2.38 bits per heavy atom. The molecule has 2 aromatic heterocycles. The summed E-state index contributed by atoms with van der Waals surface area (Å²) in [5, 5.41) is 19.3. The van der Waals surface area contributed by atoms with Gasteiger partial charge in [0.05, 0.1) is 12.8 Å². The maximum Gasteiger partial charge on any atom is 0.315 e. The number of amides is 2. The highest BCUT2D eigenvalue weighted by molar-refractivity contribution is 5.75. The topological polar surface area (TPSA) is 101 Å². The molecule has 4 saturated carbocycles. The molecule has 2 aliphatic heterocycles. The van der Waals surface area contributed by atoms with Gasteiger partial charge in [-0.2, -0.15) is 0 Å². The zero-order valence-electron chi connectivity index (χ0n) is 19.7. The molecular formula is C25H35N7O2. The van der Waals surface area contributed by atoms with Crippen molar-refractivity contribution >= 4 is 6.03 Å². The van der Waals surface area contributed by atoms with Crippen molar-refractivity contribution in [1.82, 2.24) is 35.7 Å². The number of carbonyl (C=O) groups is 1. The Labute approximate surface area is 200 Å². The van der Waals surface area contributed by atoms with E-state index < -0.39 is 0 Å². The molecule has 6 fully saturated rings. The third-order valence-corrected chi connectivity index (χ3v) is 9.45. The molecule has 0 radical (unpaired) electrons. The van der Waals surface area contributed by atoms with E-state index in [1.807, 2.05) is 16.8 Å². The molecule has 2 amide bonds. The number of hydrogen-bond donors (Lipinski definition) is 2. The molecule has 6 aliphatic rings. The molecule has 0 unspecified atom stereocenters. The first kappa shape index (κ1) is 20.9. The Hall–Kier alpha value is -2.42. The summed E-state index contributed by atoms with van der Waals surface area (Å²) < 4.78 is 7.30. The van der Waals surface area contributed by atoms with Crippen LogP contribution in [0.1, 0.15) is 75.8 Å². The van der Waals surface area contributed by atoms with E-state index >= 15 is 0 Å². The summed E-state index contributed by atoms with van der Waals surface area (Å²) in [6.07, 6.45) is 13.8. The lowest BCUT2D eigenvalue weighted by Crippen LogP contribution is -2.62. The minimum absolute atomic E-state index is 0.0715. The SMILES string of the molecule is O=C(NC1C[C@H]2CC[C@H](C1)N2Cc1nnnn1Cc1ccco1)NC12CC3CC(CC(C3)C1)C2. The first-order valence-electron chi connectivity index (χ1n) is 13.2. The molecule has 4 aliphatic carbocycles. The van der Waals surface area contributed by atoms with Gasteiger partial charge in [-0.3, -0.25) is 4.90 Å². The fourth-order valence-electron chi connectivity index (χ4n) is 8.55. The first-order valence-corrected chi connectivity index (χ1v) is 13.2. The number of fused-ring (bicyclic) bond motifs is 2. The monoisotopic (exact) mass is 465 g/mol. The maximum atomic E-state index is 13.1. The molecule has 182 valence electrons. The van der Waals surface area contributed by atoms with Crippen LogP contribution in [0.5, 0.6) is 0 Å². The lowest BCUT2D eigenvalue weighted by Gasteiger charge is -2.56. The molecule has 0 aromatic carbocycles. The van der Waals surface area contributed by atoms with E-state index in [0.717, 1.165) is 48.7 Å². The van der Waals surface area contributed by atoms with Crippen LogP contribution in [0, 0.1) is 17.8 Å². The number of carbonyl (C=O) groups excluding carboxylic acids is 1. The average molecular weight is 466 g/mol. The number of nitrogens with zero attached hydrogens (tertiary/aromatic N) is 5. The van der Waals surface area contributed by atoms with E-state index in [4.69, 9.17) is 4.42 Å². The number of urea groups is 1. The number of piperidine rings is 1. The molecule has 0 spiro atoms. The Morgan fingerprint density at radius 1 is 1.03 bits per heavy atom. The molecular weight excluding hydrogens is 430 g/mol. The summed E-state index contributed by atoms with van der Waals surface area (Å²) in [7, 11) is 0. The predicted octanol–water partition coefficient (Wildman–Crippen LogP) is 3.08. The molecule has 8 rings (SSSR count). The van der Waals surface area contributed by atoms with Gasteiger partial charge in [-0.15, -0.1) is 5.10 Å². The van der Waals surface area contributed by atoms with Gasteiger partial charge < -0.3 is 15.1 Å². The van der Waals surface area contributed by atoms with Crippen molar-refractivity contribution in [2.24, 2.45) is 17.8 Å². The highest BCUT2D eigenvalue weighted by atomic mass is 16.3. The number of tetrazole rings is 1. The first-order chi connectivity index (χ1) is 16.6. The summed E-state index contributed by atoms with van der Waals surface area (Å²) in [6.45, 7) is 1.29. The normalized spacial score (nSPS) is 38.4. The second-order valence-electron chi connectivity index (χ2n) is 11.9. The minimum Gasteiger partial charge on any atom is -0.467 e. The quantitative estimate of drug-likeness (QED) is 0.680. The zero-order chi connectivity index (χ0) is 22.7. The number of nitrogens with one attached hydrogen (secondary N) is 2. The van der Waals surface area contributed by atoms with Gasteiger partial charge in [0.2, 0.25) is 0 Å². The molecule has 2 saturated heterocycles. The van der Waals surface area contributed by atoms with Crippen LogP contribution in [0.25, 0.3) is 0 Å². The summed E-state index contributed by atoms with van der Waals surface area (Å²) in [4.78, 5) is 15.6. The van der Waals surface area contributed by atoms with E-state index in [1.54, 1.807) is 6.26 Å². The van der Waals surface area contributed by atoms with Gasteiger partial charge in [0, 0.05) is 23.7 Å². The van der Waals surface area contributed by atoms with E-state index in [1.165, 1.54) is 51.4 Å². The Kier molecular flexibility index (Phi) is 4.96. The van der Waals surface area contributed by atoms with Gasteiger partial charge in [-0.25, -0.2) is 9.48 Å².